The Morgan fingerprint density at radius 1 is 1.03 bits per heavy atom. The molecule has 0 aliphatic carbocycles. The number of nitriles is 2. The van der Waals surface area contributed by atoms with Gasteiger partial charge in [0.1, 0.15) is 18.0 Å². The van der Waals surface area contributed by atoms with Gasteiger partial charge in [0.05, 0.1) is 41.1 Å². The number of hydrogen-bond acceptors (Lipinski definition) is 6. The summed E-state index contributed by atoms with van der Waals surface area (Å²) in [4.78, 5) is 18.6. The van der Waals surface area contributed by atoms with E-state index >= 15 is 0 Å². The number of carbonyl (C=O) groups excluding carboxylic acids is 1. The number of alkyl halides is 2. The van der Waals surface area contributed by atoms with Crippen LogP contribution in [0.25, 0.3) is 0 Å². The summed E-state index contributed by atoms with van der Waals surface area (Å²) in [5, 5.41) is 18.1. The van der Waals surface area contributed by atoms with E-state index in [1.807, 2.05) is 12.1 Å². The number of aromatic nitrogens is 1. The maximum Gasteiger partial charge on any atom is 0.415 e. The molecule has 3 aromatic rings. The second-order valence-corrected chi connectivity index (χ2v) is 9.23. The van der Waals surface area contributed by atoms with Crippen molar-refractivity contribution < 1.29 is 23.0 Å². The van der Waals surface area contributed by atoms with Gasteiger partial charge in [-0.05, 0) is 69.7 Å². The third-order valence-electron chi connectivity index (χ3n) is 5.27. The van der Waals surface area contributed by atoms with Crippen molar-refractivity contribution in [1.29, 1.82) is 10.5 Å². The van der Waals surface area contributed by atoms with E-state index in [0.29, 0.717) is 22.4 Å². The highest BCUT2D eigenvalue weighted by Crippen LogP contribution is 2.36. The largest absolute Gasteiger partial charge is 0.486 e. The van der Waals surface area contributed by atoms with Crippen LogP contribution in [0.3, 0.4) is 0 Å². The number of aryl methyl sites for hydroxylation is 1. The first-order valence-corrected chi connectivity index (χ1v) is 11.4. The van der Waals surface area contributed by atoms with Crippen LogP contribution >= 0.6 is 0 Å². The molecule has 0 aliphatic heterocycles. The highest BCUT2D eigenvalue weighted by Gasteiger charge is 2.28. The lowest BCUT2D eigenvalue weighted by molar-refractivity contribution is 0.0576. The van der Waals surface area contributed by atoms with Gasteiger partial charge in [-0.25, -0.2) is 13.6 Å². The van der Waals surface area contributed by atoms with Crippen LogP contribution in [0.5, 0.6) is 5.75 Å². The molecule has 1 amide bonds. The second-order valence-electron chi connectivity index (χ2n) is 9.23. The molecule has 37 heavy (non-hydrogen) atoms. The number of halogens is 2. The smallest absolute Gasteiger partial charge is 0.415 e. The molecular formula is C28H26F2N4O3. The Balaban J connectivity index is 1.98. The number of anilines is 1. The summed E-state index contributed by atoms with van der Waals surface area (Å²) in [6, 6.07) is 16.8. The highest BCUT2D eigenvalue weighted by atomic mass is 19.3. The van der Waals surface area contributed by atoms with E-state index in [9.17, 15) is 13.6 Å². The molecule has 2 aromatic carbocycles. The Hall–Kier alpha value is -4.50. The zero-order valence-electron chi connectivity index (χ0n) is 21.0. The fourth-order valence-corrected chi connectivity index (χ4v) is 3.49. The molecule has 0 spiro atoms. The maximum absolute atomic E-state index is 14.4. The van der Waals surface area contributed by atoms with Crippen molar-refractivity contribution in [3.8, 4) is 17.9 Å². The number of pyridine rings is 1. The van der Waals surface area contributed by atoms with Gasteiger partial charge in [-0.1, -0.05) is 12.1 Å². The summed E-state index contributed by atoms with van der Waals surface area (Å²) < 4.78 is 40.1. The van der Waals surface area contributed by atoms with E-state index in [0.717, 1.165) is 0 Å². The van der Waals surface area contributed by atoms with Crippen LogP contribution in [-0.2, 0) is 17.9 Å². The molecule has 0 aliphatic rings. The predicted octanol–water partition coefficient (Wildman–Crippen LogP) is 6.59. The molecule has 0 unspecified atom stereocenters. The summed E-state index contributed by atoms with van der Waals surface area (Å²) in [7, 11) is 0. The highest BCUT2D eigenvalue weighted by molar-refractivity contribution is 5.88. The topological polar surface area (TPSA) is 99.2 Å². The minimum absolute atomic E-state index is 0.0111. The molecule has 0 saturated carbocycles. The standard InChI is InChI=1S/C28H26F2N4O3/c1-18-25(36-17-21-7-5-19(13-31)6-8-21)24(26(29)30)22(15-33-18)16-34(27(35)37-28(2,3)4)23-11-9-20(14-32)10-12-23/h5-12,15,26H,16-17H2,1-4H3. The van der Waals surface area contributed by atoms with Crippen LogP contribution in [0, 0.1) is 29.6 Å². The minimum Gasteiger partial charge on any atom is -0.486 e. The number of hydrogen-bond donors (Lipinski definition) is 0. The lowest BCUT2D eigenvalue weighted by Crippen LogP contribution is -2.36. The number of benzene rings is 2. The van der Waals surface area contributed by atoms with Crippen molar-refractivity contribution >= 4 is 11.8 Å². The van der Waals surface area contributed by atoms with Crippen LogP contribution in [-0.4, -0.2) is 16.7 Å². The van der Waals surface area contributed by atoms with Gasteiger partial charge >= 0.3 is 6.09 Å². The fraction of sp³-hybridized carbons (Fsp3) is 0.286. The number of amides is 1. The van der Waals surface area contributed by atoms with Crippen molar-refractivity contribution in [2.45, 2.75) is 52.9 Å². The molecule has 7 nitrogen and oxygen atoms in total. The van der Waals surface area contributed by atoms with E-state index < -0.39 is 18.1 Å². The summed E-state index contributed by atoms with van der Waals surface area (Å²) in [5.74, 6) is -0.0687. The van der Waals surface area contributed by atoms with Crippen LogP contribution in [0.1, 0.15) is 60.7 Å². The third-order valence-corrected chi connectivity index (χ3v) is 5.27. The number of carbonyl (C=O) groups is 1. The molecule has 0 radical (unpaired) electrons. The van der Waals surface area contributed by atoms with E-state index in [2.05, 4.69) is 4.98 Å². The summed E-state index contributed by atoms with van der Waals surface area (Å²) in [6.45, 7) is 6.40. The Labute approximate surface area is 214 Å². The molecule has 1 heterocycles. The van der Waals surface area contributed by atoms with E-state index in [4.69, 9.17) is 20.0 Å². The van der Waals surface area contributed by atoms with Gasteiger partial charge in [0.25, 0.3) is 6.43 Å². The van der Waals surface area contributed by atoms with Gasteiger partial charge < -0.3 is 9.47 Å². The molecule has 0 bridgehead atoms. The monoisotopic (exact) mass is 504 g/mol. The van der Waals surface area contributed by atoms with E-state index in [1.54, 1.807) is 64.1 Å². The number of ether oxygens (including phenoxy) is 2. The molecule has 0 fully saturated rings. The molecule has 0 saturated heterocycles. The number of nitrogens with zero attached hydrogens (tertiary/aromatic N) is 4. The fourth-order valence-electron chi connectivity index (χ4n) is 3.49. The van der Waals surface area contributed by atoms with Crippen molar-refractivity contribution in [3.05, 3.63) is 88.2 Å². The molecule has 0 N–H and O–H groups in total. The van der Waals surface area contributed by atoms with Crippen LogP contribution in [0.15, 0.2) is 54.7 Å². The van der Waals surface area contributed by atoms with Crippen molar-refractivity contribution in [3.63, 3.8) is 0 Å². The van der Waals surface area contributed by atoms with Crippen LogP contribution in [0.4, 0.5) is 19.3 Å². The zero-order chi connectivity index (χ0) is 27.2. The lowest BCUT2D eigenvalue weighted by Gasteiger charge is -2.28. The Morgan fingerprint density at radius 3 is 2.11 bits per heavy atom. The van der Waals surface area contributed by atoms with Crippen LogP contribution in [0.2, 0.25) is 0 Å². The number of rotatable bonds is 7. The summed E-state index contributed by atoms with van der Waals surface area (Å²) >= 11 is 0. The SMILES string of the molecule is Cc1ncc(CN(C(=O)OC(C)(C)C)c2ccc(C#N)cc2)c(C(F)F)c1OCc1ccc(C#N)cc1. The zero-order valence-corrected chi connectivity index (χ0v) is 21.0. The predicted molar refractivity (Wildman–Crippen MR) is 133 cm³/mol. The quantitative estimate of drug-likeness (QED) is 0.360. The Kier molecular flexibility index (Phi) is 8.41. The summed E-state index contributed by atoms with van der Waals surface area (Å²) in [6.07, 6.45) is -2.35. The Bertz CT molecular complexity index is 1340. The van der Waals surface area contributed by atoms with Gasteiger partial charge in [-0.3, -0.25) is 9.88 Å². The second kappa shape index (κ2) is 11.5. The van der Waals surface area contributed by atoms with Gasteiger partial charge in [0.2, 0.25) is 0 Å². The lowest BCUT2D eigenvalue weighted by atomic mass is 10.1. The first-order chi connectivity index (χ1) is 17.5. The van der Waals surface area contributed by atoms with E-state index in [1.165, 1.54) is 23.2 Å². The molecule has 190 valence electrons. The van der Waals surface area contributed by atoms with Crippen molar-refractivity contribution in [1.82, 2.24) is 4.98 Å². The normalized spacial score (nSPS) is 10.9. The van der Waals surface area contributed by atoms with Gasteiger partial charge in [-0.15, -0.1) is 0 Å². The third kappa shape index (κ3) is 7.02. The van der Waals surface area contributed by atoms with Crippen molar-refractivity contribution in [2.75, 3.05) is 4.90 Å². The average molecular weight is 505 g/mol. The van der Waals surface area contributed by atoms with E-state index in [-0.39, 0.29) is 35.7 Å². The van der Waals surface area contributed by atoms with Crippen LogP contribution < -0.4 is 9.64 Å². The molecular weight excluding hydrogens is 478 g/mol. The molecule has 9 heteroatoms. The van der Waals surface area contributed by atoms with Gasteiger partial charge in [0.15, 0.2) is 0 Å². The van der Waals surface area contributed by atoms with Gasteiger partial charge in [-0.2, -0.15) is 10.5 Å². The Morgan fingerprint density at radius 2 is 1.59 bits per heavy atom. The first-order valence-electron chi connectivity index (χ1n) is 11.4. The molecule has 0 atom stereocenters. The molecule has 3 rings (SSSR count). The molecule has 1 aromatic heterocycles. The minimum atomic E-state index is -2.91. The van der Waals surface area contributed by atoms with Crippen molar-refractivity contribution in [2.24, 2.45) is 0 Å². The summed E-state index contributed by atoms with van der Waals surface area (Å²) in [5.41, 5.74) is 1.09. The maximum atomic E-state index is 14.4. The van der Waals surface area contributed by atoms with Gasteiger partial charge in [0, 0.05) is 17.4 Å². The average Bonchev–Trinajstić information content (AvgIpc) is 2.86. The first kappa shape index (κ1) is 27.1.